The van der Waals surface area contributed by atoms with Crippen LogP contribution < -0.4 is 0 Å². The highest BCUT2D eigenvalue weighted by Gasteiger charge is 2.26. The van der Waals surface area contributed by atoms with Gasteiger partial charge in [0.1, 0.15) is 12.2 Å². The van der Waals surface area contributed by atoms with E-state index in [1.165, 1.54) is 0 Å². The van der Waals surface area contributed by atoms with Crippen LogP contribution in [0.2, 0.25) is 0 Å². The molecule has 0 atom stereocenters. The van der Waals surface area contributed by atoms with Gasteiger partial charge in [-0.25, -0.2) is 0 Å². The molecule has 0 amide bonds. The fraction of sp³-hybridized carbons (Fsp3) is 0.786. The summed E-state index contributed by atoms with van der Waals surface area (Å²) in [7, 11) is 0. The summed E-state index contributed by atoms with van der Waals surface area (Å²) < 4.78 is 2.15. The molecular formula is C14H23N3O2. The molecule has 1 aliphatic carbocycles. The lowest BCUT2D eigenvalue weighted by Gasteiger charge is -2.26. The van der Waals surface area contributed by atoms with Gasteiger partial charge in [0, 0.05) is 13.0 Å². The molecule has 0 saturated heterocycles. The van der Waals surface area contributed by atoms with Gasteiger partial charge in [0.25, 0.3) is 0 Å². The third-order valence-corrected chi connectivity index (χ3v) is 4.10. The fourth-order valence-electron chi connectivity index (χ4n) is 2.83. The first kappa shape index (κ1) is 14.0. The van der Waals surface area contributed by atoms with Crippen LogP contribution in [-0.2, 0) is 17.8 Å². The highest BCUT2D eigenvalue weighted by atomic mass is 16.4. The number of carboxylic acid groups (broad SMARTS) is 1. The van der Waals surface area contributed by atoms with E-state index in [9.17, 15) is 4.79 Å². The molecule has 1 saturated carbocycles. The average molecular weight is 265 g/mol. The van der Waals surface area contributed by atoms with Gasteiger partial charge in [0.05, 0.1) is 5.92 Å². The average Bonchev–Trinajstić information content (AvgIpc) is 2.84. The molecule has 19 heavy (non-hydrogen) atoms. The third-order valence-electron chi connectivity index (χ3n) is 4.10. The van der Waals surface area contributed by atoms with Crippen molar-refractivity contribution >= 4 is 5.97 Å². The molecule has 1 fully saturated rings. The molecule has 0 radical (unpaired) electrons. The van der Waals surface area contributed by atoms with Crippen molar-refractivity contribution < 1.29 is 9.90 Å². The molecule has 1 aromatic heterocycles. The minimum absolute atomic E-state index is 0.128. The Morgan fingerprint density at radius 2 is 2.16 bits per heavy atom. The van der Waals surface area contributed by atoms with Gasteiger partial charge in [-0.1, -0.05) is 13.3 Å². The molecule has 0 spiro atoms. The zero-order valence-corrected chi connectivity index (χ0v) is 11.6. The zero-order chi connectivity index (χ0) is 13.7. The molecule has 2 rings (SSSR count). The number of hydrogen-bond acceptors (Lipinski definition) is 3. The van der Waals surface area contributed by atoms with Crippen molar-refractivity contribution in [3.05, 3.63) is 12.2 Å². The Balaban J connectivity index is 1.85. The summed E-state index contributed by atoms with van der Waals surface area (Å²) in [6, 6.07) is 0. The molecule has 0 aliphatic heterocycles. The molecule has 5 heteroatoms. The second-order valence-corrected chi connectivity index (χ2v) is 5.56. The van der Waals surface area contributed by atoms with Crippen LogP contribution in [0.15, 0.2) is 6.33 Å². The summed E-state index contributed by atoms with van der Waals surface area (Å²) in [5, 5.41) is 17.2. The van der Waals surface area contributed by atoms with Crippen molar-refractivity contribution in [1.82, 2.24) is 14.8 Å². The summed E-state index contributed by atoms with van der Waals surface area (Å²) in [6.45, 7) is 3.12. The van der Waals surface area contributed by atoms with Crippen LogP contribution in [0.3, 0.4) is 0 Å². The topological polar surface area (TPSA) is 68.0 Å². The SMILES string of the molecule is CCCCc1nncn1CC1CCC(C(=O)O)CC1. The van der Waals surface area contributed by atoms with Crippen LogP contribution in [0, 0.1) is 11.8 Å². The Kier molecular flexibility index (Phi) is 4.93. The number of nitrogens with zero attached hydrogens (tertiary/aromatic N) is 3. The summed E-state index contributed by atoms with van der Waals surface area (Å²) in [4.78, 5) is 10.9. The first-order valence-corrected chi connectivity index (χ1v) is 7.30. The molecule has 1 aliphatic rings. The van der Waals surface area contributed by atoms with Gasteiger partial charge in [-0.3, -0.25) is 4.79 Å². The maximum atomic E-state index is 10.9. The van der Waals surface area contributed by atoms with Crippen molar-refractivity contribution in [2.45, 2.75) is 58.4 Å². The summed E-state index contributed by atoms with van der Waals surface area (Å²) in [6.07, 6.45) is 8.74. The van der Waals surface area contributed by atoms with Crippen molar-refractivity contribution in [3.63, 3.8) is 0 Å². The number of hydrogen-bond donors (Lipinski definition) is 1. The van der Waals surface area contributed by atoms with Crippen LogP contribution in [0.25, 0.3) is 0 Å². The molecule has 1 heterocycles. The minimum atomic E-state index is -0.633. The Labute approximate surface area is 114 Å². The van der Waals surface area contributed by atoms with E-state index in [4.69, 9.17) is 5.11 Å². The normalized spacial score (nSPS) is 23.4. The number of aliphatic carboxylic acids is 1. The van der Waals surface area contributed by atoms with Crippen LogP contribution in [0.5, 0.6) is 0 Å². The second-order valence-electron chi connectivity index (χ2n) is 5.56. The number of carboxylic acids is 1. The van der Waals surface area contributed by atoms with E-state index in [2.05, 4.69) is 21.7 Å². The molecule has 106 valence electrons. The lowest BCUT2D eigenvalue weighted by atomic mass is 9.82. The van der Waals surface area contributed by atoms with Gasteiger partial charge in [0.2, 0.25) is 0 Å². The molecular weight excluding hydrogens is 242 g/mol. The number of aryl methyl sites for hydroxylation is 1. The highest BCUT2D eigenvalue weighted by Crippen LogP contribution is 2.30. The Bertz CT molecular complexity index is 409. The van der Waals surface area contributed by atoms with E-state index >= 15 is 0 Å². The number of aromatic nitrogens is 3. The fourth-order valence-corrected chi connectivity index (χ4v) is 2.83. The van der Waals surface area contributed by atoms with Gasteiger partial charge < -0.3 is 9.67 Å². The molecule has 5 nitrogen and oxygen atoms in total. The number of carbonyl (C=O) groups is 1. The monoisotopic (exact) mass is 265 g/mol. The Morgan fingerprint density at radius 3 is 2.79 bits per heavy atom. The molecule has 0 bridgehead atoms. The largest absolute Gasteiger partial charge is 0.481 e. The van der Waals surface area contributed by atoms with Crippen molar-refractivity contribution in [1.29, 1.82) is 0 Å². The predicted octanol–water partition coefficient (Wildman–Crippen LogP) is 2.51. The summed E-state index contributed by atoms with van der Waals surface area (Å²) in [5.74, 6) is 0.886. The van der Waals surface area contributed by atoms with Gasteiger partial charge in [-0.15, -0.1) is 10.2 Å². The van der Waals surface area contributed by atoms with Crippen molar-refractivity contribution in [3.8, 4) is 0 Å². The lowest BCUT2D eigenvalue weighted by molar-refractivity contribution is -0.143. The molecule has 1 aromatic rings. The number of rotatable bonds is 6. The highest BCUT2D eigenvalue weighted by molar-refractivity contribution is 5.69. The lowest BCUT2D eigenvalue weighted by Crippen LogP contribution is -2.24. The molecule has 0 aromatic carbocycles. The predicted molar refractivity (Wildman–Crippen MR) is 71.7 cm³/mol. The van der Waals surface area contributed by atoms with Crippen molar-refractivity contribution in [2.24, 2.45) is 11.8 Å². The maximum Gasteiger partial charge on any atom is 0.306 e. The van der Waals surface area contributed by atoms with Gasteiger partial charge in [0.15, 0.2) is 0 Å². The Hall–Kier alpha value is -1.39. The van der Waals surface area contributed by atoms with Crippen LogP contribution in [-0.4, -0.2) is 25.8 Å². The first-order valence-electron chi connectivity index (χ1n) is 7.30. The third kappa shape index (κ3) is 3.78. The van der Waals surface area contributed by atoms with E-state index < -0.39 is 5.97 Å². The van der Waals surface area contributed by atoms with Crippen LogP contribution in [0.1, 0.15) is 51.3 Å². The quantitative estimate of drug-likeness (QED) is 0.858. The first-order chi connectivity index (χ1) is 9.20. The van der Waals surface area contributed by atoms with E-state index in [0.29, 0.717) is 5.92 Å². The van der Waals surface area contributed by atoms with Crippen LogP contribution in [0.4, 0.5) is 0 Å². The number of unbranched alkanes of at least 4 members (excludes halogenated alkanes) is 1. The molecule has 0 unspecified atom stereocenters. The van der Waals surface area contributed by atoms with Crippen LogP contribution >= 0.6 is 0 Å². The minimum Gasteiger partial charge on any atom is -0.481 e. The van der Waals surface area contributed by atoms with E-state index in [1.54, 1.807) is 0 Å². The van der Waals surface area contributed by atoms with E-state index in [1.807, 2.05) is 6.33 Å². The summed E-state index contributed by atoms with van der Waals surface area (Å²) >= 11 is 0. The van der Waals surface area contributed by atoms with E-state index in [0.717, 1.165) is 57.3 Å². The zero-order valence-electron chi connectivity index (χ0n) is 11.6. The summed E-state index contributed by atoms with van der Waals surface area (Å²) in [5.41, 5.74) is 0. The van der Waals surface area contributed by atoms with Gasteiger partial charge in [-0.05, 0) is 38.0 Å². The standard InChI is InChI=1S/C14H23N3O2/c1-2-3-4-13-16-15-10-17(13)9-11-5-7-12(8-6-11)14(18)19/h10-12H,2-9H2,1H3,(H,18,19). The van der Waals surface area contributed by atoms with Crippen molar-refractivity contribution in [2.75, 3.05) is 0 Å². The van der Waals surface area contributed by atoms with E-state index in [-0.39, 0.29) is 5.92 Å². The maximum absolute atomic E-state index is 10.9. The molecule has 1 N–H and O–H groups in total. The smallest absolute Gasteiger partial charge is 0.306 e. The van der Waals surface area contributed by atoms with Gasteiger partial charge in [-0.2, -0.15) is 0 Å². The van der Waals surface area contributed by atoms with Gasteiger partial charge >= 0.3 is 5.97 Å². The second kappa shape index (κ2) is 6.68. The Morgan fingerprint density at radius 1 is 1.42 bits per heavy atom.